The number of hydrogen-bond donors (Lipinski definition) is 0. The molecule has 1 aromatic rings. The van der Waals surface area contributed by atoms with Gasteiger partial charge in [-0.3, -0.25) is 4.79 Å². The lowest BCUT2D eigenvalue weighted by atomic mass is 10.1. The molecule has 2 fully saturated rings. The smallest absolute Gasteiger partial charge is 0.253 e. The van der Waals surface area contributed by atoms with Crippen molar-refractivity contribution < 1.29 is 17.9 Å². The summed E-state index contributed by atoms with van der Waals surface area (Å²) in [5.41, 5.74) is 0.408. The van der Waals surface area contributed by atoms with Crippen LogP contribution in [0.2, 0.25) is 0 Å². The highest BCUT2D eigenvalue weighted by Crippen LogP contribution is 2.30. The third kappa shape index (κ3) is 4.40. The second-order valence-electron chi connectivity index (χ2n) is 7.11. The number of hydrogen-bond acceptors (Lipinski definition) is 4. The number of likely N-dealkylation sites (tertiary alicyclic amines) is 1. The van der Waals surface area contributed by atoms with E-state index in [1.807, 2.05) is 0 Å². The van der Waals surface area contributed by atoms with Gasteiger partial charge in [0.2, 0.25) is 10.0 Å². The van der Waals surface area contributed by atoms with E-state index >= 15 is 0 Å². The molecule has 0 unspecified atom stereocenters. The molecule has 0 bridgehead atoms. The summed E-state index contributed by atoms with van der Waals surface area (Å²) >= 11 is 0. The van der Waals surface area contributed by atoms with Gasteiger partial charge < -0.3 is 9.64 Å². The minimum atomic E-state index is -3.55. The third-order valence-electron chi connectivity index (χ3n) is 4.79. The van der Waals surface area contributed by atoms with Crippen molar-refractivity contribution in [1.29, 1.82) is 0 Å². The first-order chi connectivity index (χ1) is 11.9. The van der Waals surface area contributed by atoms with Crippen molar-refractivity contribution in [2.75, 3.05) is 33.8 Å². The van der Waals surface area contributed by atoms with Crippen LogP contribution in [0, 0.1) is 5.92 Å². The number of sulfonamides is 1. The Morgan fingerprint density at radius 2 is 2.04 bits per heavy atom. The lowest BCUT2D eigenvalue weighted by Crippen LogP contribution is -2.43. The Labute approximate surface area is 149 Å². The Hall–Kier alpha value is -1.44. The molecule has 1 amide bonds. The van der Waals surface area contributed by atoms with Crippen LogP contribution in [-0.2, 0) is 14.8 Å². The van der Waals surface area contributed by atoms with Crippen LogP contribution in [0.3, 0.4) is 0 Å². The van der Waals surface area contributed by atoms with Gasteiger partial charge in [-0.25, -0.2) is 12.7 Å². The summed E-state index contributed by atoms with van der Waals surface area (Å²) in [7, 11) is -0.583. The molecule has 0 radical (unpaired) electrons. The summed E-state index contributed by atoms with van der Waals surface area (Å²) in [4.78, 5) is 14.7. The van der Waals surface area contributed by atoms with E-state index in [2.05, 4.69) is 0 Å². The van der Waals surface area contributed by atoms with Gasteiger partial charge in [-0.15, -0.1) is 0 Å². The molecule has 1 heterocycles. The average molecular weight is 366 g/mol. The van der Waals surface area contributed by atoms with E-state index in [-0.39, 0.29) is 16.9 Å². The summed E-state index contributed by atoms with van der Waals surface area (Å²) in [6, 6.07) is 6.27. The van der Waals surface area contributed by atoms with Crippen LogP contribution in [0.15, 0.2) is 29.2 Å². The number of ether oxygens (including phenoxy) is 1. The van der Waals surface area contributed by atoms with Gasteiger partial charge in [-0.2, -0.15) is 0 Å². The van der Waals surface area contributed by atoms with E-state index < -0.39 is 10.0 Å². The zero-order valence-corrected chi connectivity index (χ0v) is 15.7. The zero-order valence-electron chi connectivity index (χ0n) is 14.8. The van der Waals surface area contributed by atoms with Crippen molar-refractivity contribution in [2.24, 2.45) is 5.92 Å². The van der Waals surface area contributed by atoms with Gasteiger partial charge in [0.15, 0.2) is 0 Å². The van der Waals surface area contributed by atoms with E-state index in [1.165, 1.54) is 39.1 Å². The number of carbonyl (C=O) groups excluding carboxylic acids is 1. The highest BCUT2D eigenvalue weighted by Gasteiger charge is 2.28. The van der Waals surface area contributed by atoms with Crippen LogP contribution in [0.1, 0.15) is 36.0 Å². The number of nitrogens with zero attached hydrogens (tertiary/aromatic N) is 2. The van der Waals surface area contributed by atoms with Gasteiger partial charge in [-0.1, -0.05) is 6.07 Å². The summed E-state index contributed by atoms with van der Waals surface area (Å²) in [6.45, 7) is 2.06. The number of amides is 1. The van der Waals surface area contributed by atoms with Crippen LogP contribution >= 0.6 is 0 Å². The Morgan fingerprint density at radius 1 is 1.28 bits per heavy atom. The van der Waals surface area contributed by atoms with Crippen molar-refractivity contribution in [1.82, 2.24) is 9.21 Å². The fourth-order valence-corrected chi connectivity index (χ4v) is 3.95. The van der Waals surface area contributed by atoms with Crippen molar-refractivity contribution in [3.8, 4) is 0 Å². The zero-order chi connectivity index (χ0) is 18.0. The largest absolute Gasteiger partial charge is 0.376 e. The first kappa shape index (κ1) is 18.4. The monoisotopic (exact) mass is 366 g/mol. The van der Waals surface area contributed by atoms with E-state index in [0.29, 0.717) is 24.6 Å². The Balaban J connectivity index is 1.69. The minimum absolute atomic E-state index is 0.0898. The molecule has 7 heteroatoms. The van der Waals surface area contributed by atoms with E-state index in [4.69, 9.17) is 4.74 Å². The number of rotatable bonds is 6. The summed E-state index contributed by atoms with van der Waals surface area (Å²) in [5.74, 6) is 0.578. The molecule has 3 rings (SSSR count). The van der Waals surface area contributed by atoms with Crippen LogP contribution < -0.4 is 0 Å². The maximum Gasteiger partial charge on any atom is 0.253 e. The predicted molar refractivity (Wildman–Crippen MR) is 94.9 cm³/mol. The number of benzene rings is 1. The topological polar surface area (TPSA) is 66.9 Å². The normalized spacial score (nSPS) is 21.6. The molecule has 25 heavy (non-hydrogen) atoms. The second kappa shape index (κ2) is 7.43. The molecule has 2 aliphatic rings. The van der Waals surface area contributed by atoms with Crippen molar-refractivity contribution in [3.63, 3.8) is 0 Å². The molecule has 1 aliphatic heterocycles. The van der Waals surface area contributed by atoms with Crippen LogP contribution in [0.4, 0.5) is 0 Å². The molecule has 1 atom stereocenters. The fraction of sp³-hybridized carbons (Fsp3) is 0.611. The second-order valence-corrected chi connectivity index (χ2v) is 9.26. The van der Waals surface area contributed by atoms with Crippen molar-refractivity contribution in [3.05, 3.63) is 29.8 Å². The molecular formula is C18H26N2O4S. The minimum Gasteiger partial charge on any atom is -0.376 e. The van der Waals surface area contributed by atoms with E-state index in [9.17, 15) is 13.2 Å². The highest BCUT2D eigenvalue weighted by atomic mass is 32.2. The number of carbonyl (C=O) groups is 1. The predicted octanol–water partition coefficient (Wildman–Crippen LogP) is 1.97. The van der Waals surface area contributed by atoms with Gasteiger partial charge in [0.25, 0.3) is 5.91 Å². The Morgan fingerprint density at radius 3 is 2.72 bits per heavy atom. The first-order valence-corrected chi connectivity index (χ1v) is 10.3. The van der Waals surface area contributed by atoms with Gasteiger partial charge in [-0.05, 0) is 49.8 Å². The van der Waals surface area contributed by atoms with Gasteiger partial charge >= 0.3 is 0 Å². The molecule has 1 saturated carbocycles. The number of piperidine rings is 1. The van der Waals surface area contributed by atoms with E-state index in [0.717, 1.165) is 23.8 Å². The van der Waals surface area contributed by atoms with Gasteiger partial charge in [0.1, 0.15) is 0 Å². The fourth-order valence-electron chi connectivity index (χ4n) is 3.00. The molecule has 1 saturated heterocycles. The van der Waals surface area contributed by atoms with Crippen LogP contribution in [-0.4, -0.2) is 63.4 Å². The van der Waals surface area contributed by atoms with E-state index in [1.54, 1.807) is 17.0 Å². The molecule has 1 aromatic carbocycles. The van der Waals surface area contributed by atoms with Gasteiger partial charge in [0.05, 0.1) is 11.0 Å². The Bertz CT molecular complexity index is 728. The quantitative estimate of drug-likeness (QED) is 0.772. The lowest BCUT2D eigenvalue weighted by Gasteiger charge is -2.33. The first-order valence-electron chi connectivity index (χ1n) is 8.81. The molecule has 6 nitrogen and oxygen atoms in total. The SMILES string of the molecule is CN(C)S(=O)(=O)c1cccc(C(=O)N2CCC[C@H](OCC3CC3)C2)c1. The van der Waals surface area contributed by atoms with Crippen molar-refractivity contribution in [2.45, 2.75) is 36.7 Å². The maximum absolute atomic E-state index is 12.8. The summed E-state index contributed by atoms with van der Waals surface area (Å²) in [6.07, 6.45) is 4.49. The molecule has 138 valence electrons. The van der Waals surface area contributed by atoms with Gasteiger partial charge in [0, 0.05) is 39.4 Å². The third-order valence-corrected chi connectivity index (χ3v) is 6.60. The molecular weight excluding hydrogens is 340 g/mol. The van der Waals surface area contributed by atoms with Crippen LogP contribution in [0.5, 0.6) is 0 Å². The lowest BCUT2D eigenvalue weighted by molar-refractivity contribution is -0.00243. The Kier molecular flexibility index (Phi) is 5.46. The summed E-state index contributed by atoms with van der Waals surface area (Å²) < 4.78 is 31.6. The molecule has 0 spiro atoms. The maximum atomic E-state index is 12.8. The molecule has 0 aromatic heterocycles. The molecule has 1 aliphatic carbocycles. The standard InChI is InChI=1S/C18H26N2O4S/c1-19(2)25(22,23)17-7-3-5-15(11-17)18(21)20-10-4-6-16(12-20)24-13-14-8-9-14/h3,5,7,11,14,16H,4,6,8-10,12-13H2,1-2H3/t16-/m0/s1. The van der Waals surface area contributed by atoms with Crippen LogP contribution in [0.25, 0.3) is 0 Å². The molecule has 0 N–H and O–H groups in total. The highest BCUT2D eigenvalue weighted by molar-refractivity contribution is 7.89. The summed E-state index contributed by atoms with van der Waals surface area (Å²) in [5, 5.41) is 0. The average Bonchev–Trinajstić information content (AvgIpc) is 3.44. The van der Waals surface area contributed by atoms with Crippen molar-refractivity contribution >= 4 is 15.9 Å².